The van der Waals surface area contributed by atoms with Gasteiger partial charge in [0, 0.05) is 24.8 Å². The smallest absolute Gasteiger partial charge is 0.245 e. The van der Waals surface area contributed by atoms with Crippen molar-refractivity contribution in [2.75, 3.05) is 18.0 Å². The summed E-state index contributed by atoms with van der Waals surface area (Å²) in [4.78, 5) is 7.02. The summed E-state index contributed by atoms with van der Waals surface area (Å²) in [5, 5.41) is 8.26. The van der Waals surface area contributed by atoms with E-state index in [0.717, 1.165) is 24.7 Å². The number of aryl methyl sites for hydroxylation is 1. The van der Waals surface area contributed by atoms with Gasteiger partial charge in [0.05, 0.1) is 0 Å². The van der Waals surface area contributed by atoms with Crippen LogP contribution < -0.4 is 10.2 Å². The molecular formula is C16H25N5. The van der Waals surface area contributed by atoms with Crippen molar-refractivity contribution in [2.24, 2.45) is 0 Å². The molecule has 0 radical (unpaired) electrons. The van der Waals surface area contributed by atoms with E-state index in [2.05, 4.69) is 48.2 Å². The predicted octanol–water partition coefficient (Wildman–Crippen LogP) is 2.39. The number of hydrogen-bond donors (Lipinski definition) is 1. The standard InChI is InChI=1S/C16H25N5/c1-12(2)20(11-14-6-4-5-8-17-14)16-18-15-10-13(3)7-9-21(15)19-16/h7,9-10,12,14,17H,4-6,8,11H2,1-3H3. The van der Waals surface area contributed by atoms with Crippen molar-refractivity contribution in [3.63, 3.8) is 0 Å². The van der Waals surface area contributed by atoms with Crippen molar-refractivity contribution < 1.29 is 0 Å². The van der Waals surface area contributed by atoms with Gasteiger partial charge in [0.15, 0.2) is 5.65 Å². The molecule has 0 spiro atoms. The van der Waals surface area contributed by atoms with Crippen molar-refractivity contribution in [3.8, 4) is 0 Å². The molecule has 1 fully saturated rings. The molecule has 1 saturated heterocycles. The van der Waals surface area contributed by atoms with Gasteiger partial charge in [-0.1, -0.05) is 6.42 Å². The van der Waals surface area contributed by atoms with Crippen molar-refractivity contribution in [3.05, 3.63) is 23.9 Å². The second-order valence-electron chi connectivity index (χ2n) is 6.31. The summed E-state index contributed by atoms with van der Waals surface area (Å²) in [5.74, 6) is 0.836. The number of pyridine rings is 1. The lowest BCUT2D eigenvalue weighted by atomic mass is 10.0. The van der Waals surface area contributed by atoms with E-state index in [-0.39, 0.29) is 0 Å². The largest absolute Gasteiger partial charge is 0.336 e. The Kier molecular flexibility index (Phi) is 4.10. The van der Waals surface area contributed by atoms with Crippen molar-refractivity contribution >= 4 is 11.6 Å². The molecule has 0 saturated carbocycles. The fourth-order valence-corrected chi connectivity index (χ4v) is 2.93. The van der Waals surface area contributed by atoms with Gasteiger partial charge in [-0.3, -0.25) is 0 Å². The Morgan fingerprint density at radius 1 is 1.43 bits per heavy atom. The van der Waals surface area contributed by atoms with Gasteiger partial charge in [0.25, 0.3) is 0 Å². The number of anilines is 1. The molecule has 1 unspecified atom stereocenters. The highest BCUT2D eigenvalue weighted by molar-refractivity contribution is 5.46. The van der Waals surface area contributed by atoms with Crippen LogP contribution in [0.15, 0.2) is 18.3 Å². The van der Waals surface area contributed by atoms with Gasteiger partial charge in [-0.25, -0.2) is 4.52 Å². The third-order valence-electron chi connectivity index (χ3n) is 4.19. The Morgan fingerprint density at radius 2 is 2.29 bits per heavy atom. The van der Waals surface area contributed by atoms with Gasteiger partial charge in [0.2, 0.25) is 5.95 Å². The van der Waals surface area contributed by atoms with Crippen LogP contribution in [-0.4, -0.2) is 39.8 Å². The Hall–Kier alpha value is -1.62. The maximum atomic E-state index is 4.71. The lowest BCUT2D eigenvalue weighted by molar-refractivity contribution is 0.392. The van der Waals surface area contributed by atoms with Gasteiger partial charge in [-0.2, -0.15) is 4.98 Å². The maximum absolute atomic E-state index is 4.71. The van der Waals surface area contributed by atoms with Crippen molar-refractivity contribution in [1.82, 2.24) is 19.9 Å². The molecule has 1 aliphatic heterocycles. The molecule has 1 N–H and O–H groups in total. The normalized spacial score (nSPS) is 19.3. The average Bonchev–Trinajstić information content (AvgIpc) is 2.88. The SMILES string of the molecule is Cc1ccn2nc(N(CC3CCCCN3)C(C)C)nc2c1. The van der Waals surface area contributed by atoms with Gasteiger partial charge < -0.3 is 10.2 Å². The minimum absolute atomic E-state index is 0.396. The minimum atomic E-state index is 0.396. The highest BCUT2D eigenvalue weighted by Crippen LogP contribution is 2.17. The van der Waals surface area contributed by atoms with E-state index < -0.39 is 0 Å². The summed E-state index contributed by atoms with van der Waals surface area (Å²) in [5.41, 5.74) is 2.14. The molecule has 1 atom stereocenters. The molecule has 0 aliphatic carbocycles. The van der Waals surface area contributed by atoms with Crippen LogP contribution in [0.1, 0.15) is 38.7 Å². The number of piperidine rings is 1. The Labute approximate surface area is 126 Å². The van der Waals surface area contributed by atoms with Crippen LogP contribution in [0.4, 0.5) is 5.95 Å². The quantitative estimate of drug-likeness (QED) is 0.938. The molecule has 1 aliphatic rings. The fourth-order valence-electron chi connectivity index (χ4n) is 2.93. The topological polar surface area (TPSA) is 45.5 Å². The molecule has 3 heterocycles. The first-order valence-corrected chi connectivity index (χ1v) is 7.96. The van der Waals surface area contributed by atoms with Gasteiger partial charge in [-0.15, -0.1) is 5.10 Å². The van der Waals surface area contributed by atoms with E-state index in [9.17, 15) is 0 Å². The van der Waals surface area contributed by atoms with E-state index in [0.29, 0.717) is 12.1 Å². The summed E-state index contributed by atoms with van der Waals surface area (Å²) in [6.45, 7) is 8.61. The minimum Gasteiger partial charge on any atom is -0.336 e. The molecular weight excluding hydrogens is 262 g/mol. The monoisotopic (exact) mass is 287 g/mol. The number of aromatic nitrogens is 3. The molecule has 114 valence electrons. The van der Waals surface area contributed by atoms with E-state index in [1.54, 1.807) is 0 Å². The molecule has 3 rings (SSSR count). The molecule has 0 bridgehead atoms. The molecule has 0 aromatic carbocycles. The van der Waals surface area contributed by atoms with Crippen LogP contribution in [0.3, 0.4) is 0 Å². The lowest BCUT2D eigenvalue weighted by Gasteiger charge is -2.32. The van der Waals surface area contributed by atoms with Crippen LogP contribution in [0, 0.1) is 6.92 Å². The number of nitrogens with zero attached hydrogens (tertiary/aromatic N) is 4. The molecule has 5 heteroatoms. The molecule has 2 aromatic rings. The van der Waals surface area contributed by atoms with Crippen LogP contribution in [0.5, 0.6) is 0 Å². The lowest BCUT2D eigenvalue weighted by Crippen LogP contribution is -2.46. The maximum Gasteiger partial charge on any atom is 0.245 e. The molecule has 2 aromatic heterocycles. The summed E-state index contributed by atoms with van der Waals surface area (Å²) >= 11 is 0. The van der Waals surface area contributed by atoms with Crippen LogP contribution in [-0.2, 0) is 0 Å². The highest BCUT2D eigenvalue weighted by atomic mass is 15.4. The summed E-state index contributed by atoms with van der Waals surface area (Å²) in [6, 6.07) is 5.09. The number of fused-ring (bicyclic) bond motifs is 1. The third-order valence-corrected chi connectivity index (χ3v) is 4.19. The summed E-state index contributed by atoms with van der Waals surface area (Å²) in [6.07, 6.45) is 5.85. The predicted molar refractivity (Wildman–Crippen MR) is 85.8 cm³/mol. The van der Waals surface area contributed by atoms with E-state index in [1.807, 2.05) is 10.7 Å². The average molecular weight is 287 g/mol. The highest BCUT2D eigenvalue weighted by Gasteiger charge is 2.21. The Balaban J connectivity index is 1.84. The molecule has 0 amide bonds. The second kappa shape index (κ2) is 6.02. The first-order valence-electron chi connectivity index (χ1n) is 7.96. The fraction of sp³-hybridized carbons (Fsp3) is 0.625. The first-order chi connectivity index (χ1) is 10.1. The van der Waals surface area contributed by atoms with Crippen LogP contribution in [0.2, 0.25) is 0 Å². The Morgan fingerprint density at radius 3 is 3.00 bits per heavy atom. The number of hydrogen-bond acceptors (Lipinski definition) is 4. The third kappa shape index (κ3) is 3.18. The Bertz CT molecular complexity index is 598. The van der Waals surface area contributed by atoms with Crippen LogP contribution >= 0.6 is 0 Å². The van der Waals surface area contributed by atoms with Crippen molar-refractivity contribution in [1.29, 1.82) is 0 Å². The van der Waals surface area contributed by atoms with Crippen LogP contribution in [0.25, 0.3) is 5.65 Å². The molecule has 21 heavy (non-hydrogen) atoms. The van der Waals surface area contributed by atoms with E-state index in [4.69, 9.17) is 4.98 Å². The zero-order chi connectivity index (χ0) is 14.8. The first kappa shape index (κ1) is 14.3. The molecule has 5 nitrogen and oxygen atoms in total. The zero-order valence-electron chi connectivity index (χ0n) is 13.2. The zero-order valence-corrected chi connectivity index (χ0v) is 13.2. The number of nitrogens with one attached hydrogen (secondary N) is 1. The summed E-state index contributed by atoms with van der Waals surface area (Å²) in [7, 11) is 0. The van der Waals surface area contributed by atoms with Crippen molar-refractivity contribution in [2.45, 2.75) is 52.1 Å². The van der Waals surface area contributed by atoms with Gasteiger partial charge in [0.1, 0.15) is 0 Å². The second-order valence-corrected chi connectivity index (χ2v) is 6.31. The summed E-state index contributed by atoms with van der Waals surface area (Å²) < 4.78 is 1.87. The van der Waals surface area contributed by atoms with Gasteiger partial charge in [-0.05, 0) is 57.9 Å². The number of rotatable bonds is 4. The van der Waals surface area contributed by atoms with E-state index in [1.165, 1.54) is 24.8 Å². The van der Waals surface area contributed by atoms with Gasteiger partial charge >= 0.3 is 0 Å². The van der Waals surface area contributed by atoms with E-state index >= 15 is 0 Å².